The topological polar surface area (TPSA) is 17.4 Å². The van der Waals surface area contributed by atoms with Crippen LogP contribution in [0.1, 0.15) is 47.2 Å². The lowest BCUT2D eigenvalue weighted by molar-refractivity contribution is 0.440. The van der Waals surface area contributed by atoms with E-state index in [9.17, 15) is 0 Å². The molecular weight excluding hydrogens is 741 g/mol. The van der Waals surface area contributed by atoms with Gasteiger partial charge in [-0.2, -0.15) is 0 Å². The minimum atomic E-state index is -0.543. The van der Waals surface area contributed by atoms with E-state index in [1.807, 2.05) is 0 Å². The molecule has 288 valence electrons. The SMILES string of the molecule is CC1(C)c2ccccc2-c2ccc(N(c3ccccc3)c3ccc(-n4c5ccccc5c5ccc6c(c54)Oc4ccccc4C64c5ccccc5-c5ccccc54)cc3)cc21. The van der Waals surface area contributed by atoms with Crippen LogP contribution < -0.4 is 9.64 Å². The summed E-state index contributed by atoms with van der Waals surface area (Å²) < 4.78 is 9.64. The molecule has 9 aromatic carbocycles. The van der Waals surface area contributed by atoms with Gasteiger partial charge in [-0.25, -0.2) is 0 Å². The molecule has 13 rings (SSSR count). The standard InChI is InChI=1S/C58H40N2O/c1-57(2)47-22-10-6-18-41(47)44-33-32-40(36-52(44)57)59(37-16-4-3-5-17-37)38-28-30-39(31-29-38)60-53-26-14-9-21-45(53)46-34-35-51-56(55(46)60)61-54-27-15-13-25-50(54)58(51)48-23-11-7-19-42(48)43-20-8-12-24-49(43)58/h3-36H,1-2H3. The fraction of sp³-hybridized carbons (Fsp3) is 0.0690. The van der Waals surface area contributed by atoms with E-state index in [1.165, 1.54) is 60.8 Å². The van der Waals surface area contributed by atoms with Gasteiger partial charge in [0.15, 0.2) is 5.75 Å². The van der Waals surface area contributed by atoms with E-state index in [0.717, 1.165) is 50.8 Å². The third-order valence-corrected chi connectivity index (χ3v) is 13.9. The van der Waals surface area contributed by atoms with Gasteiger partial charge in [-0.1, -0.05) is 159 Å². The Morgan fingerprint density at radius 2 is 0.967 bits per heavy atom. The van der Waals surface area contributed by atoms with Crippen LogP contribution >= 0.6 is 0 Å². The van der Waals surface area contributed by atoms with Crippen molar-refractivity contribution in [3.8, 4) is 39.4 Å². The largest absolute Gasteiger partial charge is 0.454 e. The summed E-state index contributed by atoms with van der Waals surface area (Å²) in [5.74, 6) is 1.79. The molecule has 10 aromatic rings. The molecule has 0 N–H and O–H groups in total. The van der Waals surface area contributed by atoms with Crippen molar-refractivity contribution in [1.82, 2.24) is 4.57 Å². The number of benzene rings is 9. The molecule has 1 aliphatic heterocycles. The second kappa shape index (κ2) is 12.5. The molecule has 0 saturated carbocycles. The summed E-state index contributed by atoms with van der Waals surface area (Å²) in [6.07, 6.45) is 0. The number of aromatic nitrogens is 1. The summed E-state index contributed by atoms with van der Waals surface area (Å²) in [5, 5.41) is 2.36. The molecule has 2 aliphatic carbocycles. The molecule has 0 amide bonds. The Kier molecular flexibility index (Phi) is 6.99. The van der Waals surface area contributed by atoms with E-state index in [2.05, 4.69) is 230 Å². The summed E-state index contributed by atoms with van der Waals surface area (Å²) in [4.78, 5) is 2.38. The molecule has 3 heteroatoms. The van der Waals surface area contributed by atoms with Crippen molar-refractivity contribution in [2.75, 3.05) is 4.90 Å². The van der Waals surface area contributed by atoms with Crippen molar-refractivity contribution < 1.29 is 4.74 Å². The molecule has 0 saturated heterocycles. The molecule has 0 bridgehead atoms. The van der Waals surface area contributed by atoms with Gasteiger partial charge in [-0.3, -0.25) is 0 Å². The van der Waals surface area contributed by atoms with Crippen LogP contribution in [-0.2, 0) is 10.8 Å². The molecule has 0 atom stereocenters. The predicted molar refractivity (Wildman–Crippen MR) is 250 cm³/mol. The number of hydrogen-bond acceptors (Lipinski definition) is 2. The predicted octanol–water partition coefficient (Wildman–Crippen LogP) is 15.0. The quantitative estimate of drug-likeness (QED) is 0.177. The highest BCUT2D eigenvalue weighted by Crippen LogP contribution is 2.63. The van der Waals surface area contributed by atoms with E-state index >= 15 is 0 Å². The smallest absolute Gasteiger partial charge is 0.156 e. The third-order valence-electron chi connectivity index (χ3n) is 13.9. The number of nitrogens with zero attached hydrogens (tertiary/aromatic N) is 2. The monoisotopic (exact) mass is 780 g/mol. The number of hydrogen-bond donors (Lipinski definition) is 0. The molecule has 3 nitrogen and oxygen atoms in total. The molecule has 1 spiro atoms. The molecule has 1 aromatic heterocycles. The van der Waals surface area contributed by atoms with Gasteiger partial charge < -0.3 is 14.2 Å². The average molecular weight is 781 g/mol. The molecule has 0 fully saturated rings. The Labute approximate surface area is 355 Å². The van der Waals surface area contributed by atoms with Crippen LogP contribution in [0.15, 0.2) is 206 Å². The number of para-hydroxylation sites is 3. The Bertz CT molecular complexity index is 3380. The number of anilines is 3. The highest BCUT2D eigenvalue weighted by molar-refractivity contribution is 6.12. The van der Waals surface area contributed by atoms with Gasteiger partial charge in [0, 0.05) is 50.1 Å². The first-order valence-electron chi connectivity index (χ1n) is 21.3. The zero-order valence-electron chi connectivity index (χ0n) is 33.9. The van der Waals surface area contributed by atoms with Crippen LogP contribution in [-0.4, -0.2) is 4.57 Å². The summed E-state index contributed by atoms with van der Waals surface area (Å²) in [6.45, 7) is 4.70. The number of ether oxygens (including phenoxy) is 1. The number of fused-ring (bicyclic) bond motifs is 16. The van der Waals surface area contributed by atoms with Gasteiger partial charge in [-0.05, 0) is 105 Å². The molecule has 0 radical (unpaired) electrons. The fourth-order valence-electron chi connectivity index (χ4n) is 11.2. The van der Waals surface area contributed by atoms with Crippen molar-refractivity contribution in [1.29, 1.82) is 0 Å². The van der Waals surface area contributed by atoms with Gasteiger partial charge in [-0.15, -0.1) is 0 Å². The fourth-order valence-corrected chi connectivity index (χ4v) is 11.2. The lowest BCUT2D eigenvalue weighted by Gasteiger charge is -2.39. The van der Waals surface area contributed by atoms with Crippen LogP contribution in [0.5, 0.6) is 11.5 Å². The molecule has 2 heterocycles. The van der Waals surface area contributed by atoms with Crippen LogP contribution in [0.4, 0.5) is 17.1 Å². The minimum absolute atomic E-state index is 0.104. The van der Waals surface area contributed by atoms with Crippen molar-refractivity contribution in [3.05, 3.63) is 240 Å². The van der Waals surface area contributed by atoms with Crippen LogP contribution in [0, 0.1) is 0 Å². The van der Waals surface area contributed by atoms with Crippen molar-refractivity contribution in [2.24, 2.45) is 0 Å². The summed E-state index contributed by atoms with van der Waals surface area (Å²) >= 11 is 0. The van der Waals surface area contributed by atoms with Crippen molar-refractivity contribution >= 4 is 38.9 Å². The lowest BCUT2D eigenvalue weighted by atomic mass is 9.66. The summed E-state index contributed by atoms with van der Waals surface area (Å²) in [7, 11) is 0. The Hall–Kier alpha value is -7.62. The Balaban J connectivity index is 1.02. The zero-order valence-corrected chi connectivity index (χ0v) is 33.9. The van der Waals surface area contributed by atoms with Gasteiger partial charge >= 0.3 is 0 Å². The summed E-state index contributed by atoms with van der Waals surface area (Å²) in [6, 6.07) is 75.6. The maximum atomic E-state index is 7.22. The van der Waals surface area contributed by atoms with E-state index in [-0.39, 0.29) is 5.41 Å². The molecular formula is C58H40N2O. The van der Waals surface area contributed by atoms with E-state index in [0.29, 0.717) is 0 Å². The van der Waals surface area contributed by atoms with Gasteiger partial charge in [0.25, 0.3) is 0 Å². The first kappa shape index (κ1) is 34.3. The second-order valence-corrected chi connectivity index (χ2v) is 17.2. The normalized spacial score (nSPS) is 14.5. The first-order chi connectivity index (χ1) is 30.0. The van der Waals surface area contributed by atoms with Gasteiger partial charge in [0.05, 0.1) is 16.4 Å². The van der Waals surface area contributed by atoms with Crippen molar-refractivity contribution in [3.63, 3.8) is 0 Å². The average Bonchev–Trinajstić information content (AvgIpc) is 3.89. The van der Waals surface area contributed by atoms with Crippen LogP contribution in [0.2, 0.25) is 0 Å². The van der Waals surface area contributed by atoms with Crippen LogP contribution in [0.3, 0.4) is 0 Å². The van der Waals surface area contributed by atoms with Gasteiger partial charge in [0.2, 0.25) is 0 Å². The van der Waals surface area contributed by atoms with E-state index in [1.54, 1.807) is 0 Å². The zero-order chi connectivity index (χ0) is 40.5. The van der Waals surface area contributed by atoms with E-state index in [4.69, 9.17) is 4.74 Å². The van der Waals surface area contributed by atoms with Gasteiger partial charge in [0.1, 0.15) is 5.75 Å². The third kappa shape index (κ3) is 4.53. The summed E-state index contributed by atoms with van der Waals surface area (Å²) in [5.41, 5.74) is 18.8. The maximum absolute atomic E-state index is 7.22. The lowest BCUT2D eigenvalue weighted by Crippen LogP contribution is -2.32. The van der Waals surface area contributed by atoms with Crippen LogP contribution in [0.25, 0.3) is 49.7 Å². The molecule has 3 aliphatic rings. The minimum Gasteiger partial charge on any atom is -0.454 e. The molecule has 61 heavy (non-hydrogen) atoms. The van der Waals surface area contributed by atoms with E-state index < -0.39 is 5.41 Å². The Morgan fingerprint density at radius 3 is 1.70 bits per heavy atom. The molecule has 0 unspecified atom stereocenters. The second-order valence-electron chi connectivity index (χ2n) is 17.2. The number of rotatable bonds is 4. The first-order valence-corrected chi connectivity index (χ1v) is 21.3. The maximum Gasteiger partial charge on any atom is 0.156 e. The highest BCUT2D eigenvalue weighted by atomic mass is 16.5. The highest BCUT2D eigenvalue weighted by Gasteiger charge is 2.51. The Morgan fingerprint density at radius 1 is 0.410 bits per heavy atom. The van der Waals surface area contributed by atoms with Crippen molar-refractivity contribution in [2.45, 2.75) is 24.7 Å².